The molecule has 0 bridgehead atoms. The number of halogens is 3. The zero-order valence-electron chi connectivity index (χ0n) is 23.3. The number of aliphatic hydroxyl groups is 2. The highest BCUT2D eigenvalue weighted by Crippen LogP contribution is 2.47. The van der Waals surface area contributed by atoms with Gasteiger partial charge in [0, 0.05) is 17.9 Å². The Labute approximate surface area is 231 Å². The topological polar surface area (TPSA) is 96.7 Å². The van der Waals surface area contributed by atoms with Gasteiger partial charge in [-0.1, -0.05) is 45.4 Å². The fraction of sp³-hybridized carbons (Fsp3) is 0.621. The van der Waals surface area contributed by atoms with E-state index in [1.807, 2.05) is 6.92 Å². The molecule has 0 aliphatic carbocycles. The van der Waals surface area contributed by atoms with Gasteiger partial charge >= 0.3 is 12.1 Å². The highest BCUT2D eigenvalue weighted by Gasteiger charge is 2.59. The summed E-state index contributed by atoms with van der Waals surface area (Å²) in [5, 5.41) is 22.4. The molecule has 6 nitrogen and oxygen atoms in total. The van der Waals surface area contributed by atoms with E-state index in [4.69, 9.17) is 4.74 Å². The molecular formula is C29H38F3NO5S. The van der Waals surface area contributed by atoms with Crippen molar-refractivity contribution in [3.63, 3.8) is 0 Å². The molecule has 2 N–H and O–H groups in total. The van der Waals surface area contributed by atoms with Crippen LogP contribution in [0.15, 0.2) is 29.8 Å². The number of thiazole rings is 1. The highest BCUT2D eigenvalue weighted by molar-refractivity contribution is 7.18. The highest BCUT2D eigenvalue weighted by atomic mass is 32.1. The van der Waals surface area contributed by atoms with Gasteiger partial charge in [0.1, 0.15) is 5.78 Å². The van der Waals surface area contributed by atoms with Gasteiger partial charge in [-0.25, -0.2) is 4.98 Å². The van der Waals surface area contributed by atoms with Crippen LogP contribution in [0.2, 0.25) is 0 Å². The number of aryl methyl sites for hydroxylation is 1. The van der Waals surface area contributed by atoms with Crippen molar-refractivity contribution in [2.24, 2.45) is 17.3 Å². The molecule has 5 atom stereocenters. The number of fused-ring (bicyclic) bond motifs is 1. The molecule has 10 heteroatoms. The number of allylic oxidation sites excluding steroid dienone is 1. The minimum atomic E-state index is -4.99. The zero-order valence-corrected chi connectivity index (χ0v) is 24.1. The van der Waals surface area contributed by atoms with E-state index in [0.717, 1.165) is 0 Å². The number of hydrogen-bond acceptors (Lipinski definition) is 7. The number of carbonyl (C=O) groups is 2. The minimum absolute atomic E-state index is 0.245. The second-order valence-corrected chi connectivity index (χ2v) is 12.7. The zero-order chi connectivity index (χ0) is 29.3. The second-order valence-electron chi connectivity index (χ2n) is 11.4. The lowest BCUT2D eigenvalue weighted by atomic mass is 9.73. The summed E-state index contributed by atoms with van der Waals surface area (Å²) in [7, 11) is 0. The number of Topliss-reactive ketones (excluding diaryl/α,β-unsaturated/α-hetero) is 1. The summed E-state index contributed by atoms with van der Waals surface area (Å²) in [6, 6.07) is 4.14. The summed E-state index contributed by atoms with van der Waals surface area (Å²) in [6.45, 7) is 9.71. The fourth-order valence-electron chi connectivity index (χ4n) is 5.19. The van der Waals surface area contributed by atoms with Gasteiger partial charge in [0.05, 0.1) is 39.3 Å². The Kier molecular flexibility index (Phi) is 9.34. The van der Waals surface area contributed by atoms with E-state index in [-0.39, 0.29) is 11.5 Å². The summed E-state index contributed by atoms with van der Waals surface area (Å²) in [6.07, 6.45) is -5.98. The molecule has 0 saturated carbocycles. The van der Waals surface area contributed by atoms with Crippen molar-refractivity contribution in [2.45, 2.75) is 97.6 Å². The predicted molar refractivity (Wildman–Crippen MR) is 144 cm³/mol. The van der Waals surface area contributed by atoms with Crippen molar-refractivity contribution >= 4 is 33.3 Å². The lowest BCUT2D eigenvalue weighted by Crippen LogP contribution is -2.48. The third-order valence-corrected chi connectivity index (χ3v) is 8.96. The van der Waals surface area contributed by atoms with Crippen LogP contribution in [-0.4, -0.2) is 45.3 Å². The van der Waals surface area contributed by atoms with E-state index < -0.39 is 59.9 Å². The van der Waals surface area contributed by atoms with Gasteiger partial charge in [-0.05, 0) is 51.2 Å². The summed E-state index contributed by atoms with van der Waals surface area (Å²) in [5.41, 5.74) is -3.73. The van der Waals surface area contributed by atoms with Gasteiger partial charge in [0.2, 0.25) is 5.60 Å². The molecular weight excluding hydrogens is 531 g/mol. The Morgan fingerprint density at radius 3 is 2.44 bits per heavy atom. The first-order chi connectivity index (χ1) is 18.0. The Morgan fingerprint density at radius 1 is 1.13 bits per heavy atom. The lowest BCUT2D eigenvalue weighted by Gasteiger charge is -2.37. The van der Waals surface area contributed by atoms with E-state index in [0.29, 0.717) is 40.1 Å². The number of aromatic nitrogens is 1. The normalized spacial score (nSPS) is 30.2. The van der Waals surface area contributed by atoms with E-state index in [1.54, 1.807) is 20.8 Å². The largest absolute Gasteiger partial charge is 0.444 e. The number of ether oxygens (including phenoxy) is 1. The fourth-order valence-corrected chi connectivity index (χ4v) is 6.00. The SMILES string of the molecule is CC1=CCC(c2ccc3sc(C)nc3c2)(C(F)(F)F)OC(=O)CC(O)C(C)(C)C(=O)C(C)C(O)C(C)CCC1. The number of carbonyl (C=O) groups excluding carboxylic acids is 2. The van der Waals surface area contributed by atoms with Gasteiger partial charge in [-0.3, -0.25) is 9.59 Å². The number of aliphatic hydroxyl groups excluding tert-OH is 2. The average Bonchev–Trinajstić information content (AvgIpc) is 3.22. The molecule has 39 heavy (non-hydrogen) atoms. The van der Waals surface area contributed by atoms with Crippen LogP contribution in [-0.2, 0) is 19.9 Å². The van der Waals surface area contributed by atoms with Crippen LogP contribution in [0.4, 0.5) is 13.2 Å². The maximum atomic E-state index is 15.0. The van der Waals surface area contributed by atoms with Crippen LogP contribution < -0.4 is 0 Å². The monoisotopic (exact) mass is 569 g/mol. The van der Waals surface area contributed by atoms with Crippen LogP contribution in [0.5, 0.6) is 0 Å². The third-order valence-electron chi connectivity index (χ3n) is 8.01. The van der Waals surface area contributed by atoms with E-state index >= 15 is 0 Å². The number of cyclic esters (lactones) is 1. The van der Waals surface area contributed by atoms with Crippen molar-refractivity contribution in [1.82, 2.24) is 4.98 Å². The lowest BCUT2D eigenvalue weighted by molar-refractivity contribution is -0.276. The quantitative estimate of drug-likeness (QED) is 0.305. The van der Waals surface area contributed by atoms with Crippen LogP contribution in [0, 0.1) is 24.2 Å². The average molecular weight is 570 g/mol. The first kappa shape index (κ1) is 31.2. The Balaban J connectivity index is 2.12. The number of esters is 1. The maximum Gasteiger partial charge on any atom is 0.433 e. The minimum Gasteiger partial charge on any atom is -0.444 e. The number of benzene rings is 1. The van der Waals surface area contributed by atoms with E-state index in [9.17, 15) is 33.0 Å². The Morgan fingerprint density at radius 2 is 1.79 bits per heavy atom. The van der Waals surface area contributed by atoms with E-state index in [2.05, 4.69) is 4.98 Å². The molecule has 1 aromatic heterocycles. The molecule has 0 spiro atoms. The van der Waals surface area contributed by atoms with Gasteiger partial charge < -0.3 is 14.9 Å². The molecule has 1 aliphatic rings. The van der Waals surface area contributed by atoms with Crippen LogP contribution in [0.1, 0.15) is 77.3 Å². The van der Waals surface area contributed by atoms with E-state index in [1.165, 1.54) is 49.5 Å². The summed E-state index contributed by atoms with van der Waals surface area (Å²) in [5.74, 6) is -2.84. The number of ketones is 1. The molecule has 1 aromatic carbocycles. The van der Waals surface area contributed by atoms with Crippen molar-refractivity contribution in [1.29, 1.82) is 0 Å². The van der Waals surface area contributed by atoms with Gasteiger partial charge in [0.25, 0.3) is 0 Å². The molecule has 0 radical (unpaired) electrons. The third kappa shape index (κ3) is 6.55. The molecule has 216 valence electrons. The van der Waals surface area contributed by atoms with Crippen molar-refractivity contribution in [3.8, 4) is 0 Å². The first-order valence-electron chi connectivity index (χ1n) is 13.2. The molecule has 5 unspecified atom stereocenters. The molecule has 0 saturated heterocycles. The molecule has 2 heterocycles. The van der Waals surface area contributed by atoms with Crippen LogP contribution in [0.3, 0.4) is 0 Å². The molecule has 1 aliphatic heterocycles. The van der Waals surface area contributed by atoms with Crippen molar-refractivity contribution in [3.05, 3.63) is 40.4 Å². The predicted octanol–water partition coefficient (Wildman–Crippen LogP) is 6.41. The van der Waals surface area contributed by atoms with Crippen LogP contribution in [0.25, 0.3) is 10.2 Å². The van der Waals surface area contributed by atoms with Gasteiger partial charge in [0.15, 0.2) is 0 Å². The Hall–Kier alpha value is -2.30. The first-order valence-corrected chi connectivity index (χ1v) is 14.0. The number of nitrogens with zero attached hydrogens (tertiary/aromatic N) is 1. The maximum absolute atomic E-state index is 15.0. The Bertz CT molecular complexity index is 1240. The van der Waals surface area contributed by atoms with Gasteiger partial charge in [-0.2, -0.15) is 13.2 Å². The summed E-state index contributed by atoms with van der Waals surface area (Å²) < 4.78 is 50.9. The van der Waals surface area contributed by atoms with Crippen LogP contribution >= 0.6 is 11.3 Å². The standard InChI is InChI=1S/C29H38F3NO5S/c1-16-8-7-9-17(2)25(36)18(3)26(37)27(5,6)23(34)15-24(35)38-28(13-12-16,29(30,31)32)20-10-11-22-21(14-20)33-19(4)39-22/h10-12,14,17-18,23,25,34,36H,7-9,13,15H2,1-6H3. The smallest absolute Gasteiger partial charge is 0.433 e. The van der Waals surface area contributed by atoms with Crippen molar-refractivity contribution < 1.29 is 37.7 Å². The summed E-state index contributed by atoms with van der Waals surface area (Å²) in [4.78, 5) is 30.7. The molecule has 0 fully saturated rings. The number of hydrogen-bond donors (Lipinski definition) is 2. The molecule has 0 amide bonds. The number of alkyl halides is 3. The van der Waals surface area contributed by atoms with Crippen molar-refractivity contribution in [2.75, 3.05) is 0 Å². The molecule has 3 rings (SSSR count). The van der Waals surface area contributed by atoms with Gasteiger partial charge in [-0.15, -0.1) is 11.3 Å². The molecule has 2 aromatic rings. The number of rotatable bonds is 1. The summed E-state index contributed by atoms with van der Waals surface area (Å²) >= 11 is 1.35. The second kappa shape index (κ2) is 11.7.